The van der Waals surface area contributed by atoms with Crippen molar-refractivity contribution in [3.8, 4) is 5.75 Å². The van der Waals surface area contributed by atoms with E-state index in [4.69, 9.17) is 15.2 Å². The molecule has 0 saturated carbocycles. The summed E-state index contributed by atoms with van der Waals surface area (Å²) in [5.74, 6) is -5.75. The Hall–Kier alpha value is -3.32. The Bertz CT molecular complexity index is 1400. The number of nitrogens with one attached hydrogen (secondary N) is 2. The van der Waals surface area contributed by atoms with Crippen LogP contribution in [0.15, 0.2) is 24.4 Å². The Morgan fingerprint density at radius 3 is 2.61 bits per heavy atom. The third-order valence-corrected chi connectivity index (χ3v) is 7.85. The summed E-state index contributed by atoms with van der Waals surface area (Å²) in [4.78, 5) is 23.6. The van der Waals surface area contributed by atoms with Crippen LogP contribution < -0.4 is 15.8 Å². The molecule has 2 saturated heterocycles. The standard InChI is InChI=1S/C25H26F5N5O3/c1-10-16(11-4-5-12(26)17(27)20(11)37-3)21(38-24(10,2)25(28,29)30)23-34-14-8-9-32-18(19(14)35-23)13-6-7-15(33-13)22(31)36/h4-5,8-10,13,15-16,21,33H,6-7H2,1-3H3,(H2,31,36)(H,34,35)/t10-,13-,15+,16-,21+,24+/m0/s1. The van der Waals surface area contributed by atoms with Gasteiger partial charge in [0.2, 0.25) is 11.7 Å². The Balaban J connectivity index is 1.63. The second kappa shape index (κ2) is 9.16. The average molecular weight is 540 g/mol. The zero-order chi connectivity index (χ0) is 27.6. The van der Waals surface area contributed by atoms with E-state index in [2.05, 4.69) is 20.3 Å². The molecule has 1 amide bonds. The molecule has 204 valence electrons. The van der Waals surface area contributed by atoms with Crippen LogP contribution in [0.5, 0.6) is 5.75 Å². The van der Waals surface area contributed by atoms with Gasteiger partial charge in [-0.2, -0.15) is 17.6 Å². The number of imidazole rings is 1. The number of primary amides is 1. The van der Waals surface area contributed by atoms with Crippen molar-refractivity contribution in [1.82, 2.24) is 20.3 Å². The molecule has 4 heterocycles. The fourth-order valence-corrected chi connectivity index (χ4v) is 5.60. The molecule has 8 nitrogen and oxygen atoms in total. The lowest BCUT2D eigenvalue weighted by Crippen LogP contribution is -2.46. The number of methoxy groups -OCH3 is 1. The van der Waals surface area contributed by atoms with Gasteiger partial charge in [-0.05, 0) is 31.9 Å². The molecule has 5 rings (SSSR count). The number of hydrogen-bond acceptors (Lipinski definition) is 6. The minimum Gasteiger partial charge on any atom is -0.493 e. The highest BCUT2D eigenvalue weighted by atomic mass is 19.4. The first-order valence-electron chi connectivity index (χ1n) is 12.0. The van der Waals surface area contributed by atoms with Crippen LogP contribution in [0.1, 0.15) is 61.8 Å². The molecule has 2 aromatic heterocycles. The number of halogens is 5. The number of rotatable bonds is 5. The molecule has 3 aromatic rings. The molecule has 0 bridgehead atoms. The van der Waals surface area contributed by atoms with Crippen LogP contribution in [0, 0.1) is 17.6 Å². The monoisotopic (exact) mass is 539 g/mol. The lowest BCUT2D eigenvalue weighted by molar-refractivity contribution is -0.275. The minimum absolute atomic E-state index is 0.0254. The second-order valence-corrected chi connectivity index (χ2v) is 9.91. The zero-order valence-electron chi connectivity index (χ0n) is 20.7. The molecule has 0 spiro atoms. The number of ether oxygens (including phenoxy) is 2. The van der Waals surface area contributed by atoms with Crippen LogP contribution in [0.3, 0.4) is 0 Å². The highest BCUT2D eigenvalue weighted by Gasteiger charge is 2.65. The van der Waals surface area contributed by atoms with Crippen molar-refractivity contribution in [2.75, 3.05) is 7.11 Å². The van der Waals surface area contributed by atoms with E-state index in [1.54, 1.807) is 6.07 Å². The fraction of sp³-hybridized carbons (Fsp3) is 0.480. The van der Waals surface area contributed by atoms with Crippen LogP contribution in [0.4, 0.5) is 22.0 Å². The minimum atomic E-state index is -4.78. The maximum absolute atomic E-state index is 14.6. The number of H-pyrrole nitrogens is 1. The van der Waals surface area contributed by atoms with Crippen LogP contribution in [-0.4, -0.2) is 45.8 Å². The first kappa shape index (κ1) is 26.3. The number of hydrogen-bond donors (Lipinski definition) is 3. The lowest BCUT2D eigenvalue weighted by atomic mass is 9.77. The molecule has 6 atom stereocenters. The smallest absolute Gasteiger partial charge is 0.417 e. The third-order valence-electron chi connectivity index (χ3n) is 7.85. The predicted molar refractivity (Wildman–Crippen MR) is 125 cm³/mol. The van der Waals surface area contributed by atoms with Crippen LogP contribution in [-0.2, 0) is 9.53 Å². The van der Waals surface area contributed by atoms with Gasteiger partial charge in [-0.15, -0.1) is 0 Å². The van der Waals surface area contributed by atoms with E-state index in [9.17, 15) is 26.7 Å². The number of carbonyl (C=O) groups is 1. The summed E-state index contributed by atoms with van der Waals surface area (Å²) in [5.41, 5.74) is 4.19. The zero-order valence-corrected chi connectivity index (χ0v) is 20.7. The first-order chi connectivity index (χ1) is 17.9. The van der Waals surface area contributed by atoms with Crippen LogP contribution >= 0.6 is 0 Å². The van der Waals surface area contributed by atoms with Gasteiger partial charge >= 0.3 is 6.18 Å². The number of nitrogens with two attached hydrogens (primary N) is 1. The molecule has 38 heavy (non-hydrogen) atoms. The molecule has 1 aromatic carbocycles. The number of pyridine rings is 1. The van der Waals surface area contributed by atoms with Crippen molar-refractivity contribution in [2.45, 2.75) is 62.6 Å². The van der Waals surface area contributed by atoms with Crippen LogP contribution in [0.2, 0.25) is 0 Å². The molecule has 0 unspecified atom stereocenters. The van der Waals surface area contributed by atoms with E-state index >= 15 is 0 Å². The van der Waals surface area contributed by atoms with E-state index in [1.807, 2.05) is 0 Å². The molecule has 13 heteroatoms. The van der Waals surface area contributed by atoms with Crippen molar-refractivity contribution in [1.29, 1.82) is 0 Å². The number of alkyl halides is 3. The summed E-state index contributed by atoms with van der Waals surface area (Å²) in [6.45, 7) is 2.28. The molecule has 2 aliphatic heterocycles. The van der Waals surface area contributed by atoms with Gasteiger partial charge < -0.3 is 20.2 Å². The maximum Gasteiger partial charge on any atom is 0.417 e. The molecular formula is C25H26F5N5O3. The number of amides is 1. The summed E-state index contributed by atoms with van der Waals surface area (Å²) in [6, 6.07) is 2.79. The Kier molecular flexibility index (Phi) is 6.33. The van der Waals surface area contributed by atoms with Crippen molar-refractivity contribution in [3.05, 3.63) is 53.1 Å². The largest absolute Gasteiger partial charge is 0.493 e. The lowest BCUT2D eigenvalue weighted by Gasteiger charge is -2.32. The molecule has 0 radical (unpaired) electrons. The number of aromatic amines is 1. The molecule has 2 aliphatic rings. The van der Waals surface area contributed by atoms with E-state index in [0.29, 0.717) is 29.6 Å². The normalized spacial score (nSPS) is 29.7. The van der Waals surface area contributed by atoms with Gasteiger partial charge in [0, 0.05) is 23.6 Å². The summed E-state index contributed by atoms with van der Waals surface area (Å²) >= 11 is 0. The molecule has 2 fully saturated rings. The Morgan fingerprint density at radius 2 is 1.97 bits per heavy atom. The van der Waals surface area contributed by atoms with Gasteiger partial charge in [0.1, 0.15) is 17.4 Å². The number of fused-ring (bicyclic) bond motifs is 1. The van der Waals surface area contributed by atoms with Crippen molar-refractivity contribution in [2.24, 2.45) is 11.7 Å². The van der Waals surface area contributed by atoms with Gasteiger partial charge in [-0.25, -0.2) is 9.37 Å². The van der Waals surface area contributed by atoms with Gasteiger partial charge in [-0.3, -0.25) is 15.1 Å². The van der Waals surface area contributed by atoms with Gasteiger partial charge in [-0.1, -0.05) is 13.0 Å². The summed E-state index contributed by atoms with van der Waals surface area (Å²) in [7, 11) is 1.12. The fourth-order valence-electron chi connectivity index (χ4n) is 5.60. The predicted octanol–water partition coefficient (Wildman–Crippen LogP) is 4.34. The highest BCUT2D eigenvalue weighted by molar-refractivity contribution is 5.81. The number of benzene rings is 1. The van der Waals surface area contributed by atoms with E-state index in [-0.39, 0.29) is 17.4 Å². The average Bonchev–Trinajstić information content (AvgIpc) is 3.57. The summed E-state index contributed by atoms with van der Waals surface area (Å²) < 4.78 is 82.3. The topological polar surface area (TPSA) is 115 Å². The van der Waals surface area contributed by atoms with Crippen molar-refractivity contribution >= 4 is 16.9 Å². The molecular weight excluding hydrogens is 513 g/mol. The van der Waals surface area contributed by atoms with E-state index < -0.39 is 59.1 Å². The maximum atomic E-state index is 14.6. The van der Waals surface area contributed by atoms with E-state index in [1.165, 1.54) is 19.2 Å². The quantitative estimate of drug-likeness (QED) is 0.416. The Labute approximate surface area is 214 Å². The third kappa shape index (κ3) is 3.99. The number of carbonyl (C=O) groups excluding carboxylic acids is 1. The molecule has 4 N–H and O–H groups in total. The summed E-state index contributed by atoms with van der Waals surface area (Å²) in [6.07, 6.45) is -3.51. The van der Waals surface area contributed by atoms with Gasteiger partial charge in [0.05, 0.1) is 30.4 Å². The molecule has 0 aliphatic carbocycles. The highest BCUT2D eigenvalue weighted by Crippen LogP contribution is 2.59. The number of nitrogens with zero attached hydrogens (tertiary/aromatic N) is 2. The second-order valence-electron chi connectivity index (χ2n) is 9.91. The van der Waals surface area contributed by atoms with Crippen molar-refractivity contribution < 1.29 is 36.2 Å². The SMILES string of the molecule is COc1c([C@H]2[C@H](c3nc4c([C@@H]5CC[C@H](C(N)=O)N5)nccc4[nH]3)O[C@@](C)(C(F)(F)F)[C@H]2C)ccc(F)c1F. The Morgan fingerprint density at radius 1 is 1.24 bits per heavy atom. The van der Waals surface area contributed by atoms with Gasteiger partial charge in [0.15, 0.2) is 17.2 Å². The first-order valence-corrected chi connectivity index (χ1v) is 12.0. The van der Waals surface area contributed by atoms with E-state index in [0.717, 1.165) is 20.1 Å². The van der Waals surface area contributed by atoms with Gasteiger partial charge in [0.25, 0.3) is 0 Å². The number of aromatic nitrogens is 3. The summed E-state index contributed by atoms with van der Waals surface area (Å²) in [5, 5.41) is 3.11. The van der Waals surface area contributed by atoms with Crippen LogP contribution in [0.25, 0.3) is 11.0 Å². The van der Waals surface area contributed by atoms with Crippen molar-refractivity contribution in [3.63, 3.8) is 0 Å².